The highest BCUT2D eigenvalue weighted by Gasteiger charge is 2.58. The van der Waals surface area contributed by atoms with Gasteiger partial charge in [-0.15, -0.1) is 0 Å². The number of likely N-dealkylation sites (tertiary alicyclic amines) is 2. The first-order chi connectivity index (χ1) is 29.3. The van der Waals surface area contributed by atoms with Crippen LogP contribution in [-0.2, 0) is 36.6 Å². The molecule has 3 aliphatic carbocycles. The van der Waals surface area contributed by atoms with Crippen molar-refractivity contribution < 1.29 is 23.9 Å². The zero-order valence-corrected chi connectivity index (χ0v) is 36.1. The first kappa shape index (κ1) is 40.6. The number of amides is 3. The van der Waals surface area contributed by atoms with Crippen molar-refractivity contribution in [2.24, 2.45) is 23.7 Å². The molecule has 5 aliphatic rings. The van der Waals surface area contributed by atoms with E-state index in [9.17, 15) is 14.4 Å². The molecule has 2 aromatic carbocycles. The van der Waals surface area contributed by atoms with Gasteiger partial charge in [0.1, 0.15) is 34.8 Å². The molecular weight excluding hydrogens is 769 g/mol. The Balaban J connectivity index is 0.946. The van der Waals surface area contributed by atoms with Gasteiger partial charge in [-0.2, -0.15) is 0 Å². The molecule has 2 saturated heterocycles. The summed E-state index contributed by atoms with van der Waals surface area (Å²) in [7, 11) is 2.87. The molecule has 2 aromatic heterocycles. The topological polar surface area (TPSA) is 158 Å². The molecule has 61 heavy (non-hydrogen) atoms. The van der Waals surface area contributed by atoms with E-state index >= 15 is 0 Å². The lowest BCUT2D eigenvalue weighted by Gasteiger charge is -2.40. The number of benzene rings is 2. The van der Waals surface area contributed by atoms with E-state index in [4.69, 9.17) is 19.4 Å². The highest BCUT2D eigenvalue weighted by atomic mass is 16.5. The SMILES string of the molecule is C=C(N[C@H](C(=O)N1C[C@H]2CC[C@@]1(c1ncc(-c3ccc(-c4ccc(-c5cnc([C@@]67CC[C@H](CN6C(=O)[C@@H](NC(=O)OC)C(C)C)C7)[nH]5)c5c4C=CC5)cc3)[nH]1)C2)C(C)C)OC. The quantitative estimate of drug-likeness (QED) is 0.101. The van der Waals surface area contributed by atoms with Crippen LogP contribution in [0.5, 0.6) is 0 Å². The van der Waals surface area contributed by atoms with Crippen LogP contribution >= 0.6 is 0 Å². The zero-order chi connectivity index (χ0) is 42.8. The van der Waals surface area contributed by atoms with Crippen LogP contribution in [-0.4, -0.2) is 87.0 Å². The highest BCUT2D eigenvalue weighted by molar-refractivity contribution is 5.88. The fourth-order valence-electron chi connectivity index (χ4n) is 11.1. The average molecular weight is 827 g/mol. The standard InChI is InChI=1S/C48H58N8O5/c1-27(2)40(51-29(5)60-6)42(57)55-25-30-17-19-47(55,21-30)44-49-23-38(52-44)33-13-11-32(12-14-33)34-15-16-37(36-10-8-9-35(34)36)39-24-50-45(53-39)48-20-18-31(22-48)26-56(48)43(58)41(28(3)4)54-46(59)61-7/h8-9,11-16,23-24,27-28,30-31,40-41,51H,5,10,17-22,25-26H2,1-4,6-7H3,(H,49,52)(H,50,53)(H,54,59)/t30-,31-,40-,41-,47-,48-/m0/s1. The zero-order valence-electron chi connectivity index (χ0n) is 36.1. The maximum Gasteiger partial charge on any atom is 0.407 e. The van der Waals surface area contributed by atoms with Crippen LogP contribution in [0.2, 0.25) is 0 Å². The van der Waals surface area contributed by atoms with Crippen LogP contribution in [0.1, 0.15) is 89.0 Å². The van der Waals surface area contributed by atoms with Crippen LogP contribution in [0.15, 0.2) is 67.3 Å². The number of hydrogen-bond donors (Lipinski definition) is 4. The second-order valence-corrected chi connectivity index (χ2v) is 18.6. The number of hydrogen-bond acceptors (Lipinski definition) is 8. The third-order valence-corrected chi connectivity index (χ3v) is 14.3. The van der Waals surface area contributed by atoms with Gasteiger partial charge in [-0.25, -0.2) is 14.8 Å². The number of rotatable bonds is 13. The minimum Gasteiger partial charge on any atom is -0.483 e. The van der Waals surface area contributed by atoms with Crippen molar-refractivity contribution in [1.29, 1.82) is 0 Å². The number of allylic oxidation sites excluding steroid dienone is 1. The third kappa shape index (κ3) is 6.80. The second-order valence-electron chi connectivity index (χ2n) is 18.6. The predicted octanol–water partition coefficient (Wildman–Crippen LogP) is 7.49. The molecule has 2 aliphatic heterocycles. The summed E-state index contributed by atoms with van der Waals surface area (Å²) in [5.41, 5.74) is 7.71. The summed E-state index contributed by atoms with van der Waals surface area (Å²) >= 11 is 0. The first-order valence-electron chi connectivity index (χ1n) is 21.9. The number of aromatic amines is 2. The lowest BCUT2D eigenvalue weighted by Crippen LogP contribution is -2.56. The van der Waals surface area contributed by atoms with E-state index in [1.807, 2.05) is 45.0 Å². The molecule has 6 atom stereocenters. The number of nitrogens with zero attached hydrogens (tertiary/aromatic N) is 4. The Morgan fingerprint density at radius 3 is 1.85 bits per heavy atom. The summed E-state index contributed by atoms with van der Waals surface area (Å²) in [5.74, 6) is 2.82. The minimum atomic E-state index is -0.685. The normalized spacial score (nSPS) is 24.4. The van der Waals surface area contributed by atoms with Gasteiger partial charge in [0.2, 0.25) is 11.8 Å². The Bertz CT molecular complexity index is 2400. The van der Waals surface area contributed by atoms with Crippen molar-refractivity contribution in [1.82, 2.24) is 40.4 Å². The van der Waals surface area contributed by atoms with Crippen molar-refractivity contribution in [2.45, 2.75) is 95.8 Å². The minimum absolute atomic E-state index is 0.0526. The lowest BCUT2D eigenvalue weighted by atomic mass is 9.91. The maximum atomic E-state index is 14.1. The Hall–Kier alpha value is -5.85. The van der Waals surface area contributed by atoms with Crippen molar-refractivity contribution in [3.8, 4) is 33.6 Å². The van der Waals surface area contributed by atoms with E-state index in [2.05, 4.69) is 80.6 Å². The molecule has 4 fully saturated rings. The summed E-state index contributed by atoms with van der Waals surface area (Å²) in [6.45, 7) is 13.3. The summed E-state index contributed by atoms with van der Waals surface area (Å²) in [5, 5.41) is 5.99. The second kappa shape index (κ2) is 15.6. The molecule has 13 heteroatoms. The van der Waals surface area contributed by atoms with E-state index in [1.54, 1.807) is 7.11 Å². The van der Waals surface area contributed by atoms with Gasteiger partial charge in [-0.1, -0.05) is 76.2 Å². The molecule has 4 aromatic rings. The number of carbonyl (C=O) groups is 3. The average Bonchev–Trinajstić information content (AvgIpc) is 4.13. The maximum absolute atomic E-state index is 14.1. The number of alkyl carbamates (subject to hydrolysis) is 1. The summed E-state index contributed by atoms with van der Waals surface area (Å²) in [6.07, 6.45) is 14.0. The van der Waals surface area contributed by atoms with Gasteiger partial charge in [0.15, 0.2) is 5.88 Å². The molecule has 13 nitrogen and oxygen atoms in total. The Labute approximate surface area is 357 Å². The molecule has 4 bridgehead atoms. The molecule has 320 valence electrons. The van der Waals surface area contributed by atoms with E-state index in [0.29, 0.717) is 24.3 Å². The van der Waals surface area contributed by atoms with Gasteiger partial charge in [0.05, 0.1) is 38.0 Å². The number of aromatic nitrogens is 4. The molecule has 3 amide bonds. The molecule has 0 radical (unpaired) electrons. The number of piperidine rings is 2. The monoisotopic (exact) mass is 826 g/mol. The largest absolute Gasteiger partial charge is 0.483 e. The molecule has 4 heterocycles. The summed E-state index contributed by atoms with van der Waals surface area (Å²) in [4.78, 5) is 61.6. The number of nitrogens with one attached hydrogen (secondary N) is 4. The van der Waals surface area contributed by atoms with Gasteiger partial charge in [0, 0.05) is 18.7 Å². The summed E-state index contributed by atoms with van der Waals surface area (Å²) in [6, 6.07) is 11.9. The van der Waals surface area contributed by atoms with Crippen molar-refractivity contribution in [2.75, 3.05) is 27.3 Å². The van der Waals surface area contributed by atoms with E-state index in [1.165, 1.54) is 18.2 Å². The van der Waals surface area contributed by atoms with Crippen LogP contribution < -0.4 is 10.6 Å². The molecule has 4 N–H and O–H groups in total. The van der Waals surface area contributed by atoms with Crippen molar-refractivity contribution in [3.63, 3.8) is 0 Å². The van der Waals surface area contributed by atoms with Crippen LogP contribution in [0.3, 0.4) is 0 Å². The molecular formula is C48H58N8O5. The fourth-order valence-corrected chi connectivity index (χ4v) is 11.1. The van der Waals surface area contributed by atoms with Crippen LogP contribution in [0.4, 0.5) is 4.79 Å². The number of fused-ring (bicyclic) bond motifs is 5. The lowest BCUT2D eigenvalue weighted by molar-refractivity contribution is -0.141. The smallest absolute Gasteiger partial charge is 0.407 e. The van der Waals surface area contributed by atoms with E-state index < -0.39 is 29.3 Å². The number of ether oxygens (including phenoxy) is 2. The fraction of sp³-hybridized carbons (Fsp3) is 0.479. The van der Waals surface area contributed by atoms with Gasteiger partial charge < -0.3 is 39.9 Å². The van der Waals surface area contributed by atoms with E-state index in [0.717, 1.165) is 96.8 Å². The van der Waals surface area contributed by atoms with E-state index in [-0.39, 0.29) is 23.7 Å². The van der Waals surface area contributed by atoms with Crippen molar-refractivity contribution >= 4 is 24.0 Å². The van der Waals surface area contributed by atoms with Crippen LogP contribution in [0.25, 0.3) is 39.7 Å². The Morgan fingerprint density at radius 2 is 1.30 bits per heavy atom. The number of carbonyl (C=O) groups excluding carboxylic acids is 3. The third-order valence-electron chi connectivity index (χ3n) is 14.3. The Morgan fingerprint density at radius 1 is 0.754 bits per heavy atom. The summed E-state index contributed by atoms with van der Waals surface area (Å²) < 4.78 is 10.1. The van der Waals surface area contributed by atoms with Gasteiger partial charge in [0.25, 0.3) is 0 Å². The highest BCUT2D eigenvalue weighted by Crippen LogP contribution is 2.54. The Kier molecular flexibility index (Phi) is 10.3. The van der Waals surface area contributed by atoms with Gasteiger partial charge in [-0.3, -0.25) is 9.59 Å². The van der Waals surface area contributed by atoms with Crippen molar-refractivity contribution in [3.05, 3.63) is 90.1 Å². The van der Waals surface area contributed by atoms with Gasteiger partial charge in [-0.05, 0) is 103 Å². The molecule has 0 unspecified atom stereocenters. The molecule has 9 rings (SSSR count). The number of H-pyrrole nitrogens is 2. The first-order valence-corrected chi connectivity index (χ1v) is 21.9. The number of methoxy groups -OCH3 is 2. The van der Waals surface area contributed by atoms with Gasteiger partial charge >= 0.3 is 6.09 Å². The van der Waals surface area contributed by atoms with Crippen LogP contribution in [0, 0.1) is 23.7 Å². The molecule has 0 spiro atoms. The predicted molar refractivity (Wildman–Crippen MR) is 233 cm³/mol. The number of imidazole rings is 2. The molecule has 2 saturated carbocycles.